The molecule has 0 radical (unpaired) electrons. The Balaban J connectivity index is 0.000000545. The summed E-state index contributed by atoms with van der Waals surface area (Å²) in [5, 5.41) is 2.15. The molecule has 0 aromatic heterocycles. The van der Waals surface area contributed by atoms with Gasteiger partial charge in [0.05, 0.1) is 11.1 Å². The highest BCUT2D eigenvalue weighted by Gasteiger charge is 2.44. The zero-order valence-corrected chi connectivity index (χ0v) is 11.3. The van der Waals surface area contributed by atoms with Crippen LogP contribution in [0.3, 0.4) is 0 Å². The van der Waals surface area contributed by atoms with E-state index in [-0.39, 0.29) is 18.7 Å². The Kier molecular flexibility index (Phi) is 4.19. The van der Waals surface area contributed by atoms with Crippen molar-refractivity contribution in [2.75, 3.05) is 0 Å². The highest BCUT2D eigenvalue weighted by Crippen LogP contribution is 2.26. The van der Waals surface area contributed by atoms with Crippen molar-refractivity contribution in [3.8, 4) is 0 Å². The normalized spacial score (nSPS) is 19.8. The zero-order valence-electron chi connectivity index (χ0n) is 11.3. The summed E-state index contributed by atoms with van der Waals surface area (Å²) < 4.78 is 0. The molecule has 2 aliphatic heterocycles. The molecule has 0 aliphatic carbocycles. The molecule has 1 atom stereocenters. The van der Waals surface area contributed by atoms with Crippen molar-refractivity contribution in [2.45, 2.75) is 18.9 Å². The number of nitrogens with zero attached hydrogens (tertiary/aromatic N) is 2. The van der Waals surface area contributed by atoms with Crippen LogP contribution >= 0.6 is 0 Å². The van der Waals surface area contributed by atoms with Crippen molar-refractivity contribution in [3.63, 3.8) is 0 Å². The van der Waals surface area contributed by atoms with Crippen molar-refractivity contribution in [3.05, 3.63) is 35.4 Å². The predicted molar refractivity (Wildman–Crippen MR) is 70.7 cm³/mol. The van der Waals surface area contributed by atoms with Gasteiger partial charge in [0.2, 0.25) is 16.7 Å². The zero-order chi connectivity index (χ0) is 16.3. The number of imide groups is 2. The lowest BCUT2D eigenvalue weighted by atomic mass is 10.0. The smallest absolute Gasteiger partial charge is 0.262 e. The van der Waals surface area contributed by atoms with Crippen LogP contribution in [0.5, 0.6) is 0 Å². The Hall–Kier alpha value is -3.19. The third-order valence-electron chi connectivity index (χ3n) is 3.35. The predicted octanol–water partition coefficient (Wildman–Crippen LogP) is 0.203. The van der Waals surface area contributed by atoms with E-state index in [0.717, 1.165) is 4.90 Å². The fourth-order valence-electron chi connectivity index (χ4n) is 2.42. The Morgan fingerprint density at radius 3 is 2.00 bits per heavy atom. The topological polar surface area (TPSA) is 145 Å². The lowest BCUT2D eigenvalue weighted by Crippen LogP contribution is -2.54. The summed E-state index contributed by atoms with van der Waals surface area (Å²) in [6, 6.07) is 5.55. The van der Waals surface area contributed by atoms with Gasteiger partial charge < -0.3 is 0 Å². The van der Waals surface area contributed by atoms with Gasteiger partial charge >= 0.3 is 0 Å². The number of carbonyl (C=O) groups excluding carboxylic acids is 4. The molecule has 4 amide bonds. The number of piperidine rings is 1. The van der Waals surface area contributed by atoms with Crippen LogP contribution in [-0.4, -0.2) is 34.6 Å². The first-order chi connectivity index (χ1) is 10.5. The van der Waals surface area contributed by atoms with Crippen molar-refractivity contribution in [1.29, 1.82) is 11.1 Å². The molecule has 112 valence electrons. The number of fused-ring (bicyclic) bond motifs is 1. The van der Waals surface area contributed by atoms with Crippen LogP contribution in [0.15, 0.2) is 24.3 Å². The second kappa shape index (κ2) is 6.06. The summed E-state index contributed by atoms with van der Waals surface area (Å²) >= 11 is 0. The lowest BCUT2D eigenvalue weighted by Gasteiger charge is -2.27. The molecular formula is C13H12N5O4+. The minimum Gasteiger partial charge on any atom is -0.295 e. The molecule has 2 aliphatic rings. The first-order valence-corrected chi connectivity index (χ1v) is 6.35. The second-order valence-corrected chi connectivity index (χ2v) is 4.60. The van der Waals surface area contributed by atoms with Crippen molar-refractivity contribution in [2.24, 2.45) is 0 Å². The van der Waals surface area contributed by atoms with Crippen molar-refractivity contribution in [1.82, 2.24) is 15.1 Å². The molecule has 0 bridgehead atoms. The fraction of sp³-hybridized carbons (Fsp3) is 0.231. The van der Waals surface area contributed by atoms with Gasteiger partial charge in [-0.15, -0.1) is 0 Å². The van der Waals surface area contributed by atoms with Crippen LogP contribution in [0, 0.1) is 11.1 Å². The van der Waals surface area contributed by atoms with Crippen LogP contribution in [-0.2, 0) is 9.59 Å². The van der Waals surface area contributed by atoms with Crippen molar-refractivity contribution < 1.29 is 19.2 Å². The lowest BCUT2D eigenvalue weighted by molar-refractivity contribution is -0.136. The number of hydrogen-bond donors (Lipinski definition) is 3. The van der Waals surface area contributed by atoms with Crippen LogP contribution in [0.4, 0.5) is 0 Å². The number of nitrogens with one attached hydrogen (secondary N) is 3. The van der Waals surface area contributed by atoms with Gasteiger partial charge in [-0.2, -0.15) is 0 Å². The van der Waals surface area contributed by atoms with E-state index in [1.165, 1.54) is 0 Å². The Bertz CT molecular complexity index is 673. The monoisotopic (exact) mass is 302 g/mol. The molecule has 0 spiro atoms. The second-order valence-electron chi connectivity index (χ2n) is 4.60. The molecule has 9 heteroatoms. The van der Waals surface area contributed by atoms with E-state index in [2.05, 4.69) is 5.32 Å². The highest BCUT2D eigenvalue weighted by atomic mass is 16.2. The van der Waals surface area contributed by atoms with E-state index in [1.54, 1.807) is 24.3 Å². The van der Waals surface area contributed by atoms with Crippen LogP contribution < -0.4 is 10.2 Å². The van der Waals surface area contributed by atoms with Crippen LogP contribution in [0.2, 0.25) is 0 Å². The SMILES string of the molecule is N=[N+]=N.O=C1CCC(N2C(=O)c3ccccc3C2=O)C(=O)N1. The van der Waals surface area contributed by atoms with Crippen LogP contribution in [0.25, 0.3) is 0 Å². The third-order valence-corrected chi connectivity index (χ3v) is 3.35. The minimum absolute atomic E-state index is 0.129. The van der Waals surface area contributed by atoms with E-state index in [4.69, 9.17) is 11.1 Å². The van der Waals surface area contributed by atoms with E-state index >= 15 is 0 Å². The number of carbonyl (C=O) groups is 4. The molecule has 9 nitrogen and oxygen atoms in total. The quantitative estimate of drug-likeness (QED) is 0.386. The number of benzene rings is 1. The Labute approximate surface area is 124 Å². The summed E-state index contributed by atoms with van der Waals surface area (Å²) in [4.78, 5) is 50.1. The number of rotatable bonds is 1. The van der Waals surface area contributed by atoms with E-state index in [0.29, 0.717) is 11.1 Å². The summed E-state index contributed by atoms with van der Waals surface area (Å²) in [6.45, 7) is 0. The van der Waals surface area contributed by atoms with Gasteiger partial charge in [0, 0.05) is 6.42 Å². The van der Waals surface area contributed by atoms with E-state index in [9.17, 15) is 19.2 Å². The molecule has 1 aromatic carbocycles. The molecule has 1 aromatic rings. The van der Waals surface area contributed by atoms with E-state index in [1.807, 2.05) is 4.91 Å². The number of amides is 4. The largest absolute Gasteiger partial charge is 0.295 e. The molecule has 2 heterocycles. The highest BCUT2D eigenvalue weighted by molar-refractivity contribution is 6.23. The maximum atomic E-state index is 12.2. The standard InChI is InChI=1S/C13H10N2O4.H2N3/c16-10-6-5-9(11(17)14-10)15-12(18)7-3-1-2-4-8(7)13(15)19;1-3-2/h1-4,9H,5-6H2,(H,14,16,17);1-2H/q;+1. The molecule has 1 unspecified atom stereocenters. The molecule has 0 saturated carbocycles. The van der Waals surface area contributed by atoms with Gasteiger partial charge in [0.1, 0.15) is 17.1 Å². The Morgan fingerprint density at radius 1 is 1.05 bits per heavy atom. The Morgan fingerprint density at radius 2 is 1.55 bits per heavy atom. The van der Waals surface area contributed by atoms with Gasteiger partial charge in [-0.25, -0.2) is 0 Å². The van der Waals surface area contributed by atoms with E-state index < -0.39 is 23.8 Å². The van der Waals surface area contributed by atoms with Crippen molar-refractivity contribution >= 4 is 23.6 Å². The average molecular weight is 302 g/mol. The maximum absolute atomic E-state index is 12.2. The molecule has 3 rings (SSSR count). The van der Waals surface area contributed by atoms with Gasteiger partial charge in [0.25, 0.3) is 11.8 Å². The van der Waals surface area contributed by atoms with Gasteiger partial charge in [-0.3, -0.25) is 29.4 Å². The maximum Gasteiger partial charge on any atom is 0.262 e. The van der Waals surface area contributed by atoms with Gasteiger partial charge in [-0.05, 0) is 18.6 Å². The summed E-state index contributed by atoms with van der Waals surface area (Å²) in [5.41, 5.74) is 11.6. The summed E-state index contributed by atoms with van der Waals surface area (Å²) in [7, 11) is 0. The van der Waals surface area contributed by atoms with Gasteiger partial charge in [-0.1, -0.05) is 12.1 Å². The molecule has 3 N–H and O–H groups in total. The molecular weight excluding hydrogens is 290 g/mol. The summed E-state index contributed by atoms with van der Waals surface area (Å²) in [5.74, 6) is -1.92. The molecule has 1 saturated heterocycles. The first kappa shape index (κ1) is 15.2. The van der Waals surface area contributed by atoms with Crippen LogP contribution in [0.1, 0.15) is 33.6 Å². The minimum atomic E-state index is -0.898. The first-order valence-electron chi connectivity index (χ1n) is 6.35. The van der Waals surface area contributed by atoms with Gasteiger partial charge in [0.15, 0.2) is 0 Å². The summed E-state index contributed by atoms with van der Waals surface area (Å²) in [6.07, 6.45) is 0.306. The third kappa shape index (κ3) is 2.52. The molecule has 1 fully saturated rings. The average Bonchev–Trinajstić information content (AvgIpc) is 2.73. The molecule has 22 heavy (non-hydrogen) atoms. The number of hydrogen-bond acceptors (Lipinski definition) is 6. The fourth-order valence-corrected chi connectivity index (χ4v) is 2.42.